The molecule has 2 bridgehead atoms. The Bertz CT molecular complexity index is 786. The summed E-state index contributed by atoms with van der Waals surface area (Å²) in [6.07, 6.45) is 5.18. The number of methoxy groups -OCH3 is 1. The van der Waals surface area contributed by atoms with Crippen molar-refractivity contribution >= 4 is 5.78 Å². The SMILES string of the molecule is COc1ccc2c3c1OC1C(=O)C[C@H](C4CC4)C4C(C2)N(C)CCC314. The second kappa shape index (κ2) is 4.59. The van der Waals surface area contributed by atoms with Gasteiger partial charge in [-0.15, -0.1) is 0 Å². The first kappa shape index (κ1) is 14.6. The van der Waals surface area contributed by atoms with Gasteiger partial charge in [-0.05, 0) is 68.7 Å². The van der Waals surface area contributed by atoms with Crippen molar-refractivity contribution in [3.8, 4) is 11.5 Å². The van der Waals surface area contributed by atoms with E-state index < -0.39 is 0 Å². The molecule has 6 rings (SSSR count). The Hall–Kier alpha value is -1.55. The van der Waals surface area contributed by atoms with Crippen LogP contribution in [0.2, 0.25) is 0 Å². The van der Waals surface area contributed by atoms with Crippen molar-refractivity contribution in [2.24, 2.45) is 17.8 Å². The molecule has 132 valence electrons. The monoisotopic (exact) mass is 339 g/mol. The lowest BCUT2D eigenvalue weighted by atomic mass is 9.48. The molecule has 1 spiro atoms. The first-order valence-corrected chi connectivity index (χ1v) is 9.75. The maximum atomic E-state index is 13.2. The van der Waals surface area contributed by atoms with E-state index >= 15 is 0 Å². The van der Waals surface area contributed by atoms with Gasteiger partial charge in [-0.1, -0.05) is 6.07 Å². The molecule has 5 aliphatic rings. The van der Waals surface area contributed by atoms with E-state index in [1.54, 1.807) is 7.11 Å². The molecule has 0 aromatic heterocycles. The molecule has 0 radical (unpaired) electrons. The van der Waals surface area contributed by atoms with Crippen LogP contribution < -0.4 is 9.47 Å². The van der Waals surface area contributed by atoms with E-state index in [-0.39, 0.29) is 11.5 Å². The summed E-state index contributed by atoms with van der Waals surface area (Å²) < 4.78 is 12.0. The quantitative estimate of drug-likeness (QED) is 0.830. The fraction of sp³-hybridized carbons (Fsp3) is 0.667. The lowest BCUT2D eigenvalue weighted by Gasteiger charge is -2.59. The normalized spacial score (nSPS) is 41.3. The van der Waals surface area contributed by atoms with Crippen LogP contribution in [-0.2, 0) is 16.6 Å². The van der Waals surface area contributed by atoms with Gasteiger partial charge in [0, 0.05) is 23.4 Å². The molecule has 1 saturated heterocycles. The van der Waals surface area contributed by atoms with Gasteiger partial charge in [-0.25, -0.2) is 0 Å². The van der Waals surface area contributed by atoms with Crippen molar-refractivity contribution in [3.05, 3.63) is 23.3 Å². The zero-order valence-corrected chi connectivity index (χ0v) is 15.0. The van der Waals surface area contributed by atoms with Crippen LogP contribution in [0, 0.1) is 17.8 Å². The third-order valence-corrected chi connectivity index (χ3v) is 7.90. The molecule has 2 saturated carbocycles. The van der Waals surface area contributed by atoms with Crippen LogP contribution >= 0.6 is 0 Å². The summed E-state index contributed by atoms with van der Waals surface area (Å²) in [5.74, 6) is 3.88. The summed E-state index contributed by atoms with van der Waals surface area (Å²) >= 11 is 0. The second-order valence-electron chi connectivity index (χ2n) is 8.87. The Morgan fingerprint density at radius 1 is 1.28 bits per heavy atom. The molecule has 0 N–H and O–H groups in total. The number of ether oxygens (including phenoxy) is 2. The van der Waals surface area contributed by atoms with Crippen molar-refractivity contribution in [2.75, 3.05) is 20.7 Å². The average molecular weight is 339 g/mol. The van der Waals surface area contributed by atoms with E-state index in [9.17, 15) is 4.79 Å². The molecule has 4 heteroatoms. The van der Waals surface area contributed by atoms with E-state index in [1.165, 1.54) is 24.0 Å². The molecule has 3 fully saturated rings. The summed E-state index contributed by atoms with van der Waals surface area (Å²) in [4.78, 5) is 15.7. The van der Waals surface area contributed by atoms with Gasteiger partial charge in [0.15, 0.2) is 23.4 Å². The van der Waals surface area contributed by atoms with Gasteiger partial charge in [0.05, 0.1) is 7.11 Å². The number of likely N-dealkylation sites (N-methyl/N-ethyl adjacent to an activating group) is 1. The lowest BCUT2D eigenvalue weighted by Crippen LogP contribution is -2.68. The maximum absolute atomic E-state index is 13.2. The molecule has 25 heavy (non-hydrogen) atoms. The highest BCUT2D eigenvalue weighted by molar-refractivity contribution is 5.89. The van der Waals surface area contributed by atoms with Crippen LogP contribution in [0.5, 0.6) is 11.5 Å². The lowest BCUT2D eigenvalue weighted by molar-refractivity contribution is -0.145. The highest BCUT2D eigenvalue weighted by atomic mass is 16.5. The fourth-order valence-electron chi connectivity index (χ4n) is 6.80. The number of nitrogens with zero attached hydrogens (tertiary/aromatic N) is 1. The van der Waals surface area contributed by atoms with Gasteiger partial charge in [0.25, 0.3) is 0 Å². The van der Waals surface area contributed by atoms with E-state index in [4.69, 9.17) is 9.47 Å². The summed E-state index contributed by atoms with van der Waals surface area (Å²) in [6, 6.07) is 4.80. The van der Waals surface area contributed by atoms with Crippen molar-refractivity contribution in [3.63, 3.8) is 0 Å². The Morgan fingerprint density at radius 2 is 2.12 bits per heavy atom. The minimum absolute atomic E-state index is 0.1000. The van der Waals surface area contributed by atoms with Gasteiger partial charge in [-0.3, -0.25) is 4.79 Å². The molecule has 1 aromatic carbocycles. The number of benzene rings is 1. The summed E-state index contributed by atoms with van der Waals surface area (Å²) in [7, 11) is 3.98. The molecule has 2 heterocycles. The van der Waals surface area contributed by atoms with Crippen LogP contribution in [-0.4, -0.2) is 43.5 Å². The molecule has 4 nitrogen and oxygen atoms in total. The van der Waals surface area contributed by atoms with E-state index in [1.807, 2.05) is 6.07 Å². The Kier molecular flexibility index (Phi) is 2.68. The van der Waals surface area contributed by atoms with Crippen LogP contribution in [0.4, 0.5) is 0 Å². The highest BCUT2D eigenvalue weighted by Gasteiger charge is 2.69. The third-order valence-electron chi connectivity index (χ3n) is 7.90. The zero-order valence-electron chi connectivity index (χ0n) is 15.0. The topological polar surface area (TPSA) is 38.8 Å². The van der Waals surface area contributed by atoms with Gasteiger partial charge >= 0.3 is 0 Å². The first-order chi connectivity index (χ1) is 12.1. The highest BCUT2D eigenvalue weighted by Crippen LogP contribution is 2.66. The molecule has 3 aliphatic carbocycles. The number of carbonyl (C=O) groups is 1. The van der Waals surface area contributed by atoms with Crippen LogP contribution in [0.3, 0.4) is 0 Å². The Labute approximate surface area is 148 Å². The number of Topliss-reactive ketones (excluding diaryl/α,β-unsaturated/α-hetero) is 1. The zero-order chi connectivity index (χ0) is 16.9. The standard InChI is InChI=1S/C21H25NO3/c1-22-8-7-21-17-12-5-6-16(24-2)19(17)25-20(21)15(23)10-13(11-3-4-11)18(21)14(22)9-12/h5-6,11,13-14,18,20H,3-4,7-10H2,1-2H3/t13-,14?,18?,20?,21?/m1/s1. The van der Waals surface area contributed by atoms with Crippen LogP contribution in [0.25, 0.3) is 0 Å². The summed E-state index contributed by atoms with van der Waals surface area (Å²) in [6.45, 7) is 1.06. The van der Waals surface area contributed by atoms with Gasteiger partial charge in [0.1, 0.15) is 0 Å². The minimum Gasteiger partial charge on any atom is -0.493 e. The molecule has 1 aromatic rings. The molecule has 4 unspecified atom stereocenters. The predicted molar refractivity (Wildman–Crippen MR) is 93.2 cm³/mol. The largest absolute Gasteiger partial charge is 0.493 e. The van der Waals surface area contributed by atoms with Crippen LogP contribution in [0.1, 0.15) is 36.8 Å². The number of likely N-dealkylation sites (tertiary alicyclic amines) is 1. The van der Waals surface area contributed by atoms with Crippen molar-refractivity contribution < 1.29 is 14.3 Å². The van der Waals surface area contributed by atoms with Crippen molar-refractivity contribution in [1.29, 1.82) is 0 Å². The summed E-state index contributed by atoms with van der Waals surface area (Å²) in [5, 5.41) is 0. The van der Waals surface area contributed by atoms with Gasteiger partial charge in [0.2, 0.25) is 0 Å². The minimum atomic E-state index is -0.283. The van der Waals surface area contributed by atoms with E-state index in [0.717, 1.165) is 43.2 Å². The molecule has 0 amide bonds. The number of rotatable bonds is 2. The Morgan fingerprint density at radius 3 is 2.88 bits per heavy atom. The fourth-order valence-corrected chi connectivity index (χ4v) is 6.80. The van der Waals surface area contributed by atoms with Crippen molar-refractivity contribution in [1.82, 2.24) is 4.90 Å². The first-order valence-electron chi connectivity index (χ1n) is 9.75. The third kappa shape index (κ3) is 1.61. The average Bonchev–Trinajstić information content (AvgIpc) is 3.39. The molecular formula is C21H25NO3. The van der Waals surface area contributed by atoms with E-state index in [2.05, 4.69) is 18.0 Å². The second-order valence-corrected chi connectivity index (χ2v) is 8.87. The van der Waals surface area contributed by atoms with Gasteiger partial charge < -0.3 is 14.4 Å². The number of hydrogen-bond acceptors (Lipinski definition) is 4. The smallest absolute Gasteiger partial charge is 0.174 e. The molecular weight excluding hydrogens is 314 g/mol. The van der Waals surface area contributed by atoms with Gasteiger partial charge in [-0.2, -0.15) is 0 Å². The maximum Gasteiger partial charge on any atom is 0.174 e. The van der Waals surface area contributed by atoms with Crippen LogP contribution in [0.15, 0.2) is 12.1 Å². The molecule has 5 atom stereocenters. The van der Waals surface area contributed by atoms with Crippen molar-refractivity contribution in [2.45, 2.75) is 49.7 Å². The number of ketones is 1. The number of piperidine rings is 1. The number of hydrogen-bond donors (Lipinski definition) is 0. The Balaban J connectivity index is 1.63. The number of carbonyl (C=O) groups excluding carboxylic acids is 1. The van der Waals surface area contributed by atoms with E-state index in [0.29, 0.717) is 23.7 Å². The molecule has 2 aliphatic heterocycles. The predicted octanol–water partition coefficient (Wildman–Crippen LogP) is 2.57. The summed E-state index contributed by atoms with van der Waals surface area (Å²) in [5.41, 5.74) is 2.62.